The van der Waals surface area contributed by atoms with Crippen molar-refractivity contribution in [3.63, 3.8) is 0 Å². The van der Waals surface area contributed by atoms with Crippen LogP contribution >= 0.6 is 0 Å². The van der Waals surface area contributed by atoms with Gasteiger partial charge in [-0.1, -0.05) is 12.1 Å². The zero-order valence-electron chi connectivity index (χ0n) is 10.1. The molecule has 3 rings (SSSR count). The van der Waals surface area contributed by atoms with Gasteiger partial charge in [0.2, 0.25) is 0 Å². The number of pyridine rings is 1. The smallest absolute Gasteiger partial charge is 0.147 e. The van der Waals surface area contributed by atoms with Gasteiger partial charge in [0.05, 0.1) is 11.4 Å². The Kier molecular flexibility index (Phi) is 2.97. The first-order valence-electron chi connectivity index (χ1n) is 6.30. The quantitative estimate of drug-likeness (QED) is 0.801. The molecule has 1 saturated heterocycles. The summed E-state index contributed by atoms with van der Waals surface area (Å²) in [5.74, 6) is -0.153. The van der Waals surface area contributed by atoms with Crippen LogP contribution in [0.3, 0.4) is 0 Å². The molecule has 1 aromatic carbocycles. The maximum Gasteiger partial charge on any atom is 0.147 e. The Labute approximate surface area is 106 Å². The molecule has 18 heavy (non-hydrogen) atoms. The van der Waals surface area contributed by atoms with E-state index in [0.29, 0.717) is 5.69 Å². The Bertz CT molecular complexity index is 533. The van der Waals surface area contributed by atoms with E-state index in [1.807, 2.05) is 30.3 Å². The van der Waals surface area contributed by atoms with E-state index in [4.69, 9.17) is 0 Å². The van der Waals surface area contributed by atoms with Gasteiger partial charge in [-0.2, -0.15) is 0 Å². The predicted octanol–water partition coefficient (Wildman–Crippen LogP) is 3.49. The minimum atomic E-state index is -0.153. The summed E-state index contributed by atoms with van der Waals surface area (Å²) in [6.45, 7) is 1.92. The summed E-state index contributed by atoms with van der Waals surface area (Å²) >= 11 is 0. The Balaban J connectivity index is 1.94. The fraction of sp³-hybridized carbons (Fsp3) is 0.267. The van der Waals surface area contributed by atoms with Gasteiger partial charge in [-0.05, 0) is 37.1 Å². The number of anilines is 1. The van der Waals surface area contributed by atoms with Crippen molar-refractivity contribution in [2.75, 3.05) is 18.0 Å². The minimum absolute atomic E-state index is 0.153. The lowest BCUT2D eigenvalue weighted by Crippen LogP contribution is -2.18. The van der Waals surface area contributed by atoms with E-state index in [-0.39, 0.29) is 5.82 Å². The first-order valence-corrected chi connectivity index (χ1v) is 6.30. The standard InChI is InChI=1S/C15H15FN2/c16-13-11-12(14-5-1-2-8-17-14)6-7-15(13)18-9-3-4-10-18/h1-2,5-8,11H,3-4,9-10H2. The summed E-state index contributed by atoms with van der Waals surface area (Å²) < 4.78 is 14.1. The maximum absolute atomic E-state index is 14.1. The average molecular weight is 242 g/mol. The van der Waals surface area contributed by atoms with E-state index < -0.39 is 0 Å². The van der Waals surface area contributed by atoms with Gasteiger partial charge in [-0.15, -0.1) is 0 Å². The Morgan fingerprint density at radius 2 is 1.89 bits per heavy atom. The lowest BCUT2D eigenvalue weighted by Gasteiger charge is -2.18. The van der Waals surface area contributed by atoms with Crippen molar-refractivity contribution < 1.29 is 4.39 Å². The highest BCUT2D eigenvalue weighted by Crippen LogP contribution is 2.27. The molecule has 2 aromatic rings. The predicted molar refractivity (Wildman–Crippen MR) is 71.1 cm³/mol. The van der Waals surface area contributed by atoms with E-state index in [2.05, 4.69) is 9.88 Å². The number of rotatable bonds is 2. The van der Waals surface area contributed by atoms with Crippen LogP contribution in [0.25, 0.3) is 11.3 Å². The highest BCUT2D eigenvalue weighted by Gasteiger charge is 2.16. The molecule has 0 aliphatic carbocycles. The van der Waals surface area contributed by atoms with Crippen LogP contribution in [-0.4, -0.2) is 18.1 Å². The first kappa shape index (κ1) is 11.2. The molecule has 0 bridgehead atoms. The molecule has 0 atom stereocenters. The Morgan fingerprint density at radius 3 is 2.56 bits per heavy atom. The summed E-state index contributed by atoms with van der Waals surface area (Å²) in [6, 6.07) is 11.1. The molecule has 3 heteroatoms. The van der Waals surface area contributed by atoms with Crippen molar-refractivity contribution in [2.24, 2.45) is 0 Å². The zero-order chi connectivity index (χ0) is 12.4. The minimum Gasteiger partial charge on any atom is -0.369 e. The van der Waals surface area contributed by atoms with Crippen molar-refractivity contribution in [1.82, 2.24) is 4.98 Å². The highest BCUT2D eigenvalue weighted by atomic mass is 19.1. The summed E-state index contributed by atoms with van der Waals surface area (Å²) in [5, 5.41) is 0. The molecule has 0 N–H and O–H groups in total. The second-order valence-electron chi connectivity index (χ2n) is 4.58. The van der Waals surface area contributed by atoms with Gasteiger partial charge in [0.15, 0.2) is 0 Å². The lowest BCUT2D eigenvalue weighted by atomic mass is 10.1. The summed E-state index contributed by atoms with van der Waals surface area (Å²) in [5.41, 5.74) is 2.35. The number of halogens is 1. The van der Waals surface area contributed by atoms with Gasteiger partial charge in [-0.3, -0.25) is 4.98 Å². The van der Waals surface area contributed by atoms with E-state index in [9.17, 15) is 4.39 Å². The molecular weight excluding hydrogens is 227 g/mol. The zero-order valence-corrected chi connectivity index (χ0v) is 10.1. The third kappa shape index (κ3) is 2.08. The van der Waals surface area contributed by atoms with Gasteiger partial charge in [-0.25, -0.2) is 4.39 Å². The topological polar surface area (TPSA) is 16.1 Å². The summed E-state index contributed by atoms with van der Waals surface area (Å²) in [4.78, 5) is 6.35. The number of nitrogens with zero attached hydrogens (tertiary/aromatic N) is 2. The molecule has 1 aliphatic rings. The fourth-order valence-corrected chi connectivity index (χ4v) is 2.41. The van der Waals surface area contributed by atoms with Gasteiger partial charge >= 0.3 is 0 Å². The lowest BCUT2D eigenvalue weighted by molar-refractivity contribution is 0.623. The molecule has 0 radical (unpaired) electrons. The number of hydrogen-bond acceptors (Lipinski definition) is 2. The van der Waals surface area contributed by atoms with Gasteiger partial charge in [0, 0.05) is 24.8 Å². The molecular formula is C15H15FN2. The number of aromatic nitrogens is 1. The van der Waals surface area contributed by atoms with E-state index >= 15 is 0 Å². The van der Waals surface area contributed by atoms with Gasteiger partial charge < -0.3 is 4.90 Å². The molecule has 0 unspecified atom stereocenters. The van der Waals surface area contributed by atoms with Crippen molar-refractivity contribution in [2.45, 2.75) is 12.8 Å². The largest absolute Gasteiger partial charge is 0.369 e. The van der Waals surface area contributed by atoms with Gasteiger partial charge in [0.25, 0.3) is 0 Å². The van der Waals surface area contributed by atoms with Crippen molar-refractivity contribution >= 4 is 5.69 Å². The van der Waals surface area contributed by atoms with Crippen LogP contribution in [-0.2, 0) is 0 Å². The molecule has 92 valence electrons. The monoisotopic (exact) mass is 242 g/mol. The highest BCUT2D eigenvalue weighted by molar-refractivity contribution is 5.63. The Hall–Kier alpha value is -1.90. The van der Waals surface area contributed by atoms with E-state index in [1.165, 1.54) is 0 Å². The molecule has 0 amide bonds. The SMILES string of the molecule is Fc1cc(-c2ccccn2)ccc1N1CCCC1. The maximum atomic E-state index is 14.1. The van der Waals surface area contributed by atoms with Gasteiger partial charge in [0.1, 0.15) is 5.82 Å². The fourth-order valence-electron chi connectivity index (χ4n) is 2.41. The number of benzene rings is 1. The third-order valence-corrected chi connectivity index (χ3v) is 3.36. The average Bonchev–Trinajstić information content (AvgIpc) is 2.93. The van der Waals surface area contributed by atoms with E-state index in [0.717, 1.165) is 37.2 Å². The normalized spacial score (nSPS) is 15.1. The van der Waals surface area contributed by atoms with Crippen LogP contribution in [0.15, 0.2) is 42.6 Å². The van der Waals surface area contributed by atoms with Crippen molar-refractivity contribution in [1.29, 1.82) is 0 Å². The summed E-state index contributed by atoms with van der Waals surface area (Å²) in [7, 11) is 0. The van der Waals surface area contributed by atoms with Crippen LogP contribution < -0.4 is 4.90 Å². The molecule has 0 spiro atoms. The van der Waals surface area contributed by atoms with E-state index in [1.54, 1.807) is 12.3 Å². The summed E-state index contributed by atoms with van der Waals surface area (Å²) in [6.07, 6.45) is 4.03. The molecule has 1 aromatic heterocycles. The molecule has 1 fully saturated rings. The number of hydrogen-bond donors (Lipinski definition) is 0. The van der Waals surface area contributed by atoms with Crippen molar-refractivity contribution in [3.05, 3.63) is 48.4 Å². The molecule has 0 saturated carbocycles. The second kappa shape index (κ2) is 4.77. The first-order chi connectivity index (χ1) is 8.84. The van der Waals surface area contributed by atoms with Crippen LogP contribution in [0, 0.1) is 5.82 Å². The third-order valence-electron chi connectivity index (χ3n) is 3.36. The van der Waals surface area contributed by atoms with Crippen molar-refractivity contribution in [3.8, 4) is 11.3 Å². The molecule has 2 heterocycles. The van der Waals surface area contributed by atoms with Crippen LogP contribution in [0.4, 0.5) is 10.1 Å². The van der Waals surface area contributed by atoms with Crippen LogP contribution in [0.1, 0.15) is 12.8 Å². The Morgan fingerprint density at radius 1 is 1.06 bits per heavy atom. The van der Waals surface area contributed by atoms with Crippen LogP contribution in [0.5, 0.6) is 0 Å². The molecule has 2 nitrogen and oxygen atoms in total. The second-order valence-corrected chi connectivity index (χ2v) is 4.58. The molecule has 1 aliphatic heterocycles. The van der Waals surface area contributed by atoms with Crippen LogP contribution in [0.2, 0.25) is 0 Å².